The Bertz CT molecular complexity index is 246. The van der Waals surface area contributed by atoms with Gasteiger partial charge in [-0.05, 0) is 39.2 Å². The SMILES string of the molecule is CCOC(=O)CCCNCC(O)COC(C)CC(C)C. The molecule has 2 atom stereocenters. The van der Waals surface area contributed by atoms with Gasteiger partial charge in [-0.15, -0.1) is 0 Å². The number of nitrogens with one attached hydrogen (secondary N) is 1. The second-order valence-corrected chi connectivity index (χ2v) is 5.54. The molecule has 0 radical (unpaired) electrons. The fourth-order valence-corrected chi connectivity index (χ4v) is 1.93. The first-order chi connectivity index (χ1) is 9.45. The molecule has 5 heteroatoms. The van der Waals surface area contributed by atoms with E-state index in [1.54, 1.807) is 6.92 Å². The van der Waals surface area contributed by atoms with Crippen molar-refractivity contribution in [3.05, 3.63) is 0 Å². The molecule has 0 aromatic heterocycles. The summed E-state index contributed by atoms with van der Waals surface area (Å²) in [6.07, 6.45) is 1.80. The maximum absolute atomic E-state index is 11.1. The Hall–Kier alpha value is -0.650. The number of hydrogen-bond donors (Lipinski definition) is 2. The third-order valence-electron chi connectivity index (χ3n) is 2.80. The predicted molar refractivity (Wildman–Crippen MR) is 79.6 cm³/mol. The van der Waals surface area contributed by atoms with Gasteiger partial charge in [0, 0.05) is 13.0 Å². The molecule has 0 amide bonds. The molecule has 0 aromatic carbocycles. The third kappa shape index (κ3) is 12.4. The zero-order valence-corrected chi connectivity index (χ0v) is 13.4. The molecule has 0 rings (SSSR count). The molecular formula is C15H31NO4. The minimum Gasteiger partial charge on any atom is -0.466 e. The van der Waals surface area contributed by atoms with Crippen LogP contribution in [0.3, 0.4) is 0 Å². The Labute approximate surface area is 123 Å². The summed E-state index contributed by atoms with van der Waals surface area (Å²) in [6, 6.07) is 0. The monoisotopic (exact) mass is 289 g/mol. The second-order valence-electron chi connectivity index (χ2n) is 5.54. The van der Waals surface area contributed by atoms with Crippen LogP contribution in [0.25, 0.3) is 0 Å². The van der Waals surface area contributed by atoms with Crippen LogP contribution >= 0.6 is 0 Å². The zero-order valence-electron chi connectivity index (χ0n) is 13.4. The smallest absolute Gasteiger partial charge is 0.305 e. The van der Waals surface area contributed by atoms with Crippen molar-refractivity contribution in [3.8, 4) is 0 Å². The molecule has 0 aromatic rings. The normalized spacial score (nSPS) is 14.3. The van der Waals surface area contributed by atoms with Crippen LogP contribution in [0, 0.1) is 5.92 Å². The highest BCUT2D eigenvalue weighted by atomic mass is 16.5. The Morgan fingerprint density at radius 1 is 1.30 bits per heavy atom. The van der Waals surface area contributed by atoms with E-state index in [4.69, 9.17) is 9.47 Å². The van der Waals surface area contributed by atoms with Gasteiger partial charge < -0.3 is 19.9 Å². The first-order valence-corrected chi connectivity index (χ1v) is 7.61. The first-order valence-electron chi connectivity index (χ1n) is 7.61. The van der Waals surface area contributed by atoms with Gasteiger partial charge in [0.1, 0.15) is 0 Å². The van der Waals surface area contributed by atoms with Gasteiger partial charge in [-0.2, -0.15) is 0 Å². The van der Waals surface area contributed by atoms with E-state index in [0.29, 0.717) is 38.6 Å². The topological polar surface area (TPSA) is 67.8 Å². The van der Waals surface area contributed by atoms with Gasteiger partial charge in [-0.25, -0.2) is 0 Å². The molecule has 0 saturated heterocycles. The highest BCUT2D eigenvalue weighted by molar-refractivity contribution is 5.69. The molecule has 5 nitrogen and oxygen atoms in total. The number of esters is 1. The van der Waals surface area contributed by atoms with Gasteiger partial charge in [-0.1, -0.05) is 13.8 Å². The maximum Gasteiger partial charge on any atom is 0.305 e. The lowest BCUT2D eigenvalue weighted by Crippen LogP contribution is -2.32. The van der Waals surface area contributed by atoms with Gasteiger partial charge in [0.25, 0.3) is 0 Å². The third-order valence-corrected chi connectivity index (χ3v) is 2.80. The molecule has 0 heterocycles. The van der Waals surface area contributed by atoms with Crippen molar-refractivity contribution < 1.29 is 19.4 Å². The molecule has 2 N–H and O–H groups in total. The molecule has 0 aliphatic heterocycles. The number of ether oxygens (including phenoxy) is 2. The number of hydrogen-bond acceptors (Lipinski definition) is 5. The van der Waals surface area contributed by atoms with Crippen molar-refractivity contribution in [1.29, 1.82) is 0 Å². The Balaban J connectivity index is 3.45. The van der Waals surface area contributed by atoms with Crippen molar-refractivity contribution in [2.75, 3.05) is 26.3 Å². The van der Waals surface area contributed by atoms with Gasteiger partial charge >= 0.3 is 5.97 Å². The van der Waals surface area contributed by atoms with Crippen molar-refractivity contribution in [2.45, 2.75) is 59.2 Å². The Kier molecular flexibility index (Phi) is 11.7. The minimum absolute atomic E-state index is 0.166. The van der Waals surface area contributed by atoms with Crippen LogP contribution in [0.2, 0.25) is 0 Å². The lowest BCUT2D eigenvalue weighted by molar-refractivity contribution is -0.143. The molecule has 0 fully saturated rings. The minimum atomic E-state index is -0.507. The molecule has 0 spiro atoms. The lowest BCUT2D eigenvalue weighted by Gasteiger charge is -2.18. The number of carbonyl (C=O) groups is 1. The lowest BCUT2D eigenvalue weighted by atomic mass is 10.1. The first kappa shape index (κ1) is 19.4. The van der Waals surface area contributed by atoms with Crippen LogP contribution in [-0.4, -0.2) is 49.6 Å². The van der Waals surface area contributed by atoms with E-state index >= 15 is 0 Å². The molecular weight excluding hydrogens is 258 g/mol. The second kappa shape index (κ2) is 12.1. The summed E-state index contributed by atoms with van der Waals surface area (Å²) in [5, 5.41) is 12.9. The summed E-state index contributed by atoms with van der Waals surface area (Å²) >= 11 is 0. The molecule has 0 aliphatic rings. The van der Waals surface area contributed by atoms with Crippen molar-refractivity contribution in [1.82, 2.24) is 5.32 Å². The van der Waals surface area contributed by atoms with E-state index < -0.39 is 6.10 Å². The number of aliphatic hydroxyl groups is 1. The van der Waals surface area contributed by atoms with Crippen molar-refractivity contribution in [2.24, 2.45) is 5.92 Å². The van der Waals surface area contributed by atoms with Crippen LogP contribution in [0.4, 0.5) is 0 Å². The van der Waals surface area contributed by atoms with E-state index in [2.05, 4.69) is 19.2 Å². The highest BCUT2D eigenvalue weighted by Crippen LogP contribution is 2.07. The number of rotatable bonds is 12. The van der Waals surface area contributed by atoms with Gasteiger partial charge in [0.2, 0.25) is 0 Å². The number of aliphatic hydroxyl groups excluding tert-OH is 1. The van der Waals surface area contributed by atoms with Gasteiger partial charge in [0.15, 0.2) is 0 Å². The summed E-state index contributed by atoms with van der Waals surface area (Å²) in [7, 11) is 0. The quantitative estimate of drug-likeness (QED) is 0.423. The van der Waals surface area contributed by atoms with Crippen LogP contribution in [0.1, 0.15) is 47.0 Å². The van der Waals surface area contributed by atoms with Crippen molar-refractivity contribution >= 4 is 5.97 Å². The maximum atomic E-state index is 11.1. The Morgan fingerprint density at radius 3 is 2.60 bits per heavy atom. The van der Waals surface area contributed by atoms with E-state index in [1.807, 2.05) is 6.92 Å². The van der Waals surface area contributed by atoms with E-state index in [-0.39, 0.29) is 12.1 Å². The zero-order chi connectivity index (χ0) is 15.4. The highest BCUT2D eigenvalue weighted by Gasteiger charge is 2.09. The molecule has 0 aliphatic carbocycles. The summed E-state index contributed by atoms with van der Waals surface area (Å²) in [5.74, 6) is 0.434. The predicted octanol–water partition coefficient (Wildman–Crippen LogP) is 1.73. The molecule has 0 saturated carbocycles. The van der Waals surface area contributed by atoms with Gasteiger partial charge in [-0.3, -0.25) is 4.79 Å². The van der Waals surface area contributed by atoms with E-state index in [1.165, 1.54) is 0 Å². The van der Waals surface area contributed by atoms with Crippen LogP contribution in [0.5, 0.6) is 0 Å². The molecule has 120 valence electrons. The summed E-state index contributed by atoms with van der Waals surface area (Å²) in [4.78, 5) is 11.1. The average molecular weight is 289 g/mol. The van der Waals surface area contributed by atoms with Crippen LogP contribution in [0.15, 0.2) is 0 Å². The van der Waals surface area contributed by atoms with Gasteiger partial charge in [0.05, 0.1) is 25.4 Å². The summed E-state index contributed by atoms with van der Waals surface area (Å²) in [5.41, 5.74) is 0. The standard InChI is InChI=1S/C15H31NO4/c1-5-19-15(18)7-6-8-16-10-14(17)11-20-13(4)9-12(2)3/h12-14,16-17H,5-11H2,1-4H3. The Morgan fingerprint density at radius 2 is 2.00 bits per heavy atom. The average Bonchev–Trinajstić information content (AvgIpc) is 2.35. The summed E-state index contributed by atoms with van der Waals surface area (Å²) in [6.45, 7) is 10.1. The fraction of sp³-hybridized carbons (Fsp3) is 0.933. The van der Waals surface area contributed by atoms with Crippen LogP contribution in [-0.2, 0) is 14.3 Å². The van der Waals surface area contributed by atoms with Crippen LogP contribution < -0.4 is 5.32 Å². The molecule has 2 unspecified atom stereocenters. The largest absolute Gasteiger partial charge is 0.466 e. The summed E-state index contributed by atoms with van der Waals surface area (Å²) < 4.78 is 10.4. The fourth-order valence-electron chi connectivity index (χ4n) is 1.93. The molecule has 20 heavy (non-hydrogen) atoms. The van der Waals surface area contributed by atoms with E-state index in [0.717, 1.165) is 12.8 Å². The van der Waals surface area contributed by atoms with Crippen molar-refractivity contribution in [3.63, 3.8) is 0 Å². The van der Waals surface area contributed by atoms with E-state index in [9.17, 15) is 9.90 Å². The molecule has 0 bridgehead atoms. The number of carbonyl (C=O) groups excluding carboxylic acids is 1.